The van der Waals surface area contributed by atoms with Crippen LogP contribution in [0.2, 0.25) is 0 Å². The molecule has 20 heavy (non-hydrogen) atoms. The number of aliphatic hydroxyl groups is 1. The van der Waals surface area contributed by atoms with Gasteiger partial charge >= 0.3 is 0 Å². The van der Waals surface area contributed by atoms with Gasteiger partial charge in [-0.3, -0.25) is 4.72 Å². The van der Waals surface area contributed by atoms with Crippen molar-refractivity contribution in [3.8, 4) is 0 Å². The van der Waals surface area contributed by atoms with E-state index in [1.54, 1.807) is 37.4 Å². The normalized spacial score (nSPS) is 11.1. The van der Waals surface area contributed by atoms with Gasteiger partial charge in [0.15, 0.2) is 0 Å². The lowest BCUT2D eigenvalue weighted by atomic mass is 10.2. The third-order valence-electron chi connectivity index (χ3n) is 2.69. The molecule has 3 N–H and O–H groups in total. The van der Waals surface area contributed by atoms with E-state index in [1.165, 1.54) is 12.3 Å². The van der Waals surface area contributed by atoms with Crippen LogP contribution in [-0.2, 0) is 16.6 Å². The first kappa shape index (κ1) is 14.3. The van der Waals surface area contributed by atoms with Crippen LogP contribution in [0.4, 0.5) is 11.5 Å². The Balaban J connectivity index is 2.30. The topological polar surface area (TPSA) is 91.3 Å². The summed E-state index contributed by atoms with van der Waals surface area (Å²) < 4.78 is 27.1. The number of hydrogen-bond acceptors (Lipinski definition) is 5. The lowest BCUT2D eigenvalue weighted by molar-refractivity contribution is 0.282. The van der Waals surface area contributed by atoms with Crippen LogP contribution in [0.15, 0.2) is 47.5 Å². The summed E-state index contributed by atoms with van der Waals surface area (Å²) in [6.45, 7) is -0.0838. The van der Waals surface area contributed by atoms with Crippen molar-refractivity contribution in [2.24, 2.45) is 0 Å². The molecule has 0 aliphatic rings. The Morgan fingerprint density at radius 2 is 1.90 bits per heavy atom. The maximum Gasteiger partial charge on any atom is 0.265 e. The van der Waals surface area contributed by atoms with E-state index in [0.29, 0.717) is 11.3 Å². The SMILES string of the molecule is CNc1ncccc1S(=O)(=O)Nc1ccc(CO)cc1. The molecule has 2 rings (SSSR count). The maximum absolute atomic E-state index is 12.3. The first-order valence-electron chi connectivity index (χ1n) is 5.92. The second kappa shape index (κ2) is 5.89. The van der Waals surface area contributed by atoms with Crippen molar-refractivity contribution in [3.63, 3.8) is 0 Å². The van der Waals surface area contributed by atoms with E-state index in [9.17, 15) is 8.42 Å². The average molecular weight is 293 g/mol. The molecule has 0 aliphatic carbocycles. The molecule has 7 heteroatoms. The predicted octanol–water partition coefficient (Wildman–Crippen LogP) is 1.42. The van der Waals surface area contributed by atoms with Crippen molar-refractivity contribution in [1.82, 2.24) is 4.98 Å². The number of anilines is 2. The van der Waals surface area contributed by atoms with Gasteiger partial charge in [-0.1, -0.05) is 12.1 Å². The van der Waals surface area contributed by atoms with Crippen molar-refractivity contribution in [2.75, 3.05) is 17.1 Å². The number of sulfonamides is 1. The summed E-state index contributed by atoms with van der Waals surface area (Å²) in [7, 11) is -2.10. The summed E-state index contributed by atoms with van der Waals surface area (Å²) in [5.41, 5.74) is 1.14. The van der Waals surface area contributed by atoms with Crippen LogP contribution in [0.5, 0.6) is 0 Å². The molecule has 2 aromatic rings. The zero-order valence-electron chi connectivity index (χ0n) is 10.9. The first-order valence-corrected chi connectivity index (χ1v) is 7.40. The van der Waals surface area contributed by atoms with Gasteiger partial charge in [-0.25, -0.2) is 13.4 Å². The molecule has 0 spiro atoms. The monoisotopic (exact) mass is 293 g/mol. The summed E-state index contributed by atoms with van der Waals surface area (Å²) in [4.78, 5) is 4.05. The number of aromatic nitrogens is 1. The molecule has 0 fully saturated rings. The largest absolute Gasteiger partial charge is 0.392 e. The van der Waals surface area contributed by atoms with Crippen LogP contribution in [0.1, 0.15) is 5.56 Å². The van der Waals surface area contributed by atoms with E-state index in [1.807, 2.05) is 0 Å². The van der Waals surface area contributed by atoms with Crippen LogP contribution >= 0.6 is 0 Å². The number of benzene rings is 1. The standard InChI is InChI=1S/C13H15N3O3S/c1-14-13-12(3-2-8-15-13)20(18,19)16-11-6-4-10(9-17)5-7-11/h2-8,16-17H,9H2,1H3,(H,14,15). The molecule has 0 amide bonds. The van der Waals surface area contributed by atoms with E-state index in [-0.39, 0.29) is 17.3 Å². The molecule has 6 nitrogen and oxygen atoms in total. The molecule has 0 saturated heterocycles. The van der Waals surface area contributed by atoms with Crippen molar-refractivity contribution < 1.29 is 13.5 Å². The minimum Gasteiger partial charge on any atom is -0.392 e. The van der Waals surface area contributed by atoms with E-state index in [2.05, 4.69) is 15.0 Å². The molecule has 0 radical (unpaired) electrons. The van der Waals surface area contributed by atoms with E-state index >= 15 is 0 Å². The fraction of sp³-hybridized carbons (Fsp3) is 0.154. The van der Waals surface area contributed by atoms with Gasteiger partial charge in [0.2, 0.25) is 0 Å². The van der Waals surface area contributed by atoms with E-state index in [0.717, 1.165) is 0 Å². The fourth-order valence-corrected chi connectivity index (χ4v) is 2.91. The Bertz CT molecular complexity index is 684. The summed E-state index contributed by atoms with van der Waals surface area (Å²) in [5.74, 6) is 0.284. The minimum absolute atomic E-state index is 0.0775. The highest BCUT2D eigenvalue weighted by Crippen LogP contribution is 2.21. The van der Waals surface area contributed by atoms with Crippen LogP contribution < -0.4 is 10.0 Å². The van der Waals surface area contributed by atoms with Crippen LogP contribution in [0, 0.1) is 0 Å². The second-order valence-electron chi connectivity index (χ2n) is 4.06. The molecule has 0 unspecified atom stereocenters. The third kappa shape index (κ3) is 3.06. The molecule has 1 aromatic carbocycles. The molecule has 0 saturated carbocycles. The van der Waals surface area contributed by atoms with E-state index < -0.39 is 10.0 Å². The molecular formula is C13H15N3O3S. The van der Waals surface area contributed by atoms with Gasteiger partial charge in [-0.15, -0.1) is 0 Å². The highest BCUT2D eigenvalue weighted by Gasteiger charge is 2.18. The fourth-order valence-electron chi connectivity index (χ4n) is 1.68. The molecule has 106 valence electrons. The van der Waals surface area contributed by atoms with Crippen LogP contribution in [0.25, 0.3) is 0 Å². The Morgan fingerprint density at radius 3 is 2.50 bits per heavy atom. The summed E-state index contributed by atoms with van der Waals surface area (Å²) >= 11 is 0. The van der Waals surface area contributed by atoms with Crippen molar-refractivity contribution in [3.05, 3.63) is 48.2 Å². The Hall–Kier alpha value is -2.12. The van der Waals surface area contributed by atoms with Crippen LogP contribution in [0.3, 0.4) is 0 Å². The number of nitrogens with one attached hydrogen (secondary N) is 2. The van der Waals surface area contributed by atoms with Crippen molar-refractivity contribution in [1.29, 1.82) is 0 Å². The Morgan fingerprint density at radius 1 is 1.20 bits per heavy atom. The molecule has 0 bridgehead atoms. The zero-order valence-corrected chi connectivity index (χ0v) is 11.7. The number of rotatable bonds is 5. The number of aliphatic hydroxyl groups excluding tert-OH is 1. The lowest BCUT2D eigenvalue weighted by Gasteiger charge is -2.11. The Labute approximate surface area is 117 Å². The van der Waals surface area contributed by atoms with Gasteiger partial charge in [-0.2, -0.15) is 0 Å². The summed E-state index contributed by atoms with van der Waals surface area (Å²) in [6.07, 6.45) is 1.51. The molecule has 1 heterocycles. The summed E-state index contributed by atoms with van der Waals surface area (Å²) in [6, 6.07) is 9.53. The Kier molecular flexibility index (Phi) is 4.21. The van der Waals surface area contributed by atoms with Gasteiger partial charge in [0.05, 0.1) is 6.61 Å². The third-order valence-corrected chi connectivity index (χ3v) is 4.10. The number of pyridine rings is 1. The number of hydrogen-bond donors (Lipinski definition) is 3. The second-order valence-corrected chi connectivity index (χ2v) is 5.71. The van der Waals surface area contributed by atoms with Gasteiger partial charge in [-0.05, 0) is 29.8 Å². The summed E-state index contributed by atoms with van der Waals surface area (Å²) in [5, 5.41) is 11.7. The van der Waals surface area contributed by atoms with Gasteiger partial charge in [0, 0.05) is 18.9 Å². The maximum atomic E-state index is 12.3. The molecular weight excluding hydrogens is 278 g/mol. The van der Waals surface area contributed by atoms with E-state index in [4.69, 9.17) is 5.11 Å². The smallest absolute Gasteiger partial charge is 0.265 e. The number of nitrogens with zero attached hydrogens (tertiary/aromatic N) is 1. The zero-order chi connectivity index (χ0) is 14.6. The lowest BCUT2D eigenvalue weighted by Crippen LogP contribution is -2.15. The van der Waals surface area contributed by atoms with Gasteiger partial charge in [0.1, 0.15) is 10.7 Å². The first-order chi connectivity index (χ1) is 9.56. The highest BCUT2D eigenvalue weighted by atomic mass is 32.2. The highest BCUT2D eigenvalue weighted by molar-refractivity contribution is 7.92. The van der Waals surface area contributed by atoms with Crippen LogP contribution in [-0.4, -0.2) is 25.6 Å². The predicted molar refractivity (Wildman–Crippen MR) is 77.0 cm³/mol. The minimum atomic E-state index is -3.71. The molecule has 1 aromatic heterocycles. The van der Waals surface area contributed by atoms with Crippen molar-refractivity contribution in [2.45, 2.75) is 11.5 Å². The molecule has 0 atom stereocenters. The molecule has 0 aliphatic heterocycles. The quantitative estimate of drug-likeness (QED) is 0.775. The average Bonchev–Trinajstić information content (AvgIpc) is 2.47. The van der Waals surface area contributed by atoms with Gasteiger partial charge in [0.25, 0.3) is 10.0 Å². The van der Waals surface area contributed by atoms with Crippen molar-refractivity contribution >= 4 is 21.5 Å². The van der Waals surface area contributed by atoms with Gasteiger partial charge < -0.3 is 10.4 Å².